The fraction of sp³-hybridized carbons (Fsp3) is 0.533. The van der Waals surface area contributed by atoms with E-state index in [4.69, 9.17) is 16.3 Å². The Morgan fingerprint density at radius 2 is 2.00 bits per heavy atom. The molecule has 2 atom stereocenters. The minimum atomic E-state index is -0.291. The zero-order valence-corrected chi connectivity index (χ0v) is 12.1. The first-order chi connectivity index (χ1) is 9.65. The molecule has 2 rings (SSSR count). The van der Waals surface area contributed by atoms with Crippen LogP contribution in [0.25, 0.3) is 0 Å². The van der Waals surface area contributed by atoms with E-state index in [-0.39, 0.29) is 24.5 Å². The molecule has 0 spiro atoms. The fourth-order valence-corrected chi connectivity index (χ4v) is 2.53. The number of benzene rings is 1. The minimum Gasteiger partial charge on any atom is -0.484 e. The van der Waals surface area contributed by atoms with Crippen LogP contribution in [0.4, 0.5) is 0 Å². The van der Waals surface area contributed by atoms with E-state index in [1.165, 1.54) is 0 Å². The van der Waals surface area contributed by atoms with Gasteiger partial charge in [0.05, 0.1) is 6.10 Å². The average Bonchev–Trinajstić information content (AvgIpc) is 2.46. The van der Waals surface area contributed by atoms with Crippen molar-refractivity contribution in [1.29, 1.82) is 0 Å². The lowest BCUT2D eigenvalue weighted by Gasteiger charge is -2.27. The first-order valence-electron chi connectivity index (χ1n) is 6.98. The molecule has 0 aromatic heterocycles. The summed E-state index contributed by atoms with van der Waals surface area (Å²) in [5.41, 5.74) is 0. The zero-order valence-electron chi connectivity index (χ0n) is 11.3. The van der Waals surface area contributed by atoms with Crippen molar-refractivity contribution in [2.45, 2.75) is 31.8 Å². The van der Waals surface area contributed by atoms with Gasteiger partial charge >= 0.3 is 0 Å². The van der Waals surface area contributed by atoms with Crippen LogP contribution in [-0.2, 0) is 4.79 Å². The van der Waals surface area contributed by atoms with Crippen LogP contribution >= 0.6 is 11.6 Å². The number of carbonyl (C=O) groups excluding carboxylic acids is 1. The van der Waals surface area contributed by atoms with Crippen LogP contribution in [0, 0.1) is 5.92 Å². The van der Waals surface area contributed by atoms with Gasteiger partial charge in [-0.15, -0.1) is 0 Å². The van der Waals surface area contributed by atoms with Gasteiger partial charge in [0.2, 0.25) is 0 Å². The summed E-state index contributed by atoms with van der Waals surface area (Å²) in [6.45, 7) is 0.494. The molecule has 1 fully saturated rings. The number of ether oxygens (including phenoxy) is 1. The first-order valence-corrected chi connectivity index (χ1v) is 7.36. The molecular weight excluding hydrogens is 278 g/mol. The Morgan fingerprint density at radius 1 is 1.30 bits per heavy atom. The van der Waals surface area contributed by atoms with E-state index in [9.17, 15) is 9.90 Å². The third kappa shape index (κ3) is 4.69. The fourth-order valence-electron chi connectivity index (χ4n) is 2.40. The molecule has 110 valence electrons. The normalized spacial score (nSPS) is 22.3. The molecule has 1 aromatic rings. The molecule has 0 aliphatic heterocycles. The van der Waals surface area contributed by atoms with Gasteiger partial charge in [-0.2, -0.15) is 0 Å². The zero-order chi connectivity index (χ0) is 14.4. The van der Waals surface area contributed by atoms with Crippen LogP contribution in [0.15, 0.2) is 24.3 Å². The van der Waals surface area contributed by atoms with E-state index < -0.39 is 0 Å². The number of aliphatic hydroxyl groups excluding tert-OH is 1. The lowest BCUT2D eigenvalue weighted by Crippen LogP contribution is -2.38. The van der Waals surface area contributed by atoms with Crippen molar-refractivity contribution < 1.29 is 14.6 Å². The molecule has 2 unspecified atom stereocenters. The predicted molar refractivity (Wildman–Crippen MR) is 77.9 cm³/mol. The maximum absolute atomic E-state index is 11.7. The molecule has 0 saturated heterocycles. The monoisotopic (exact) mass is 297 g/mol. The number of aliphatic hydroxyl groups is 1. The molecule has 2 N–H and O–H groups in total. The second-order valence-electron chi connectivity index (χ2n) is 5.16. The topological polar surface area (TPSA) is 58.6 Å². The minimum absolute atomic E-state index is 0.0234. The number of nitrogens with one attached hydrogen (secondary N) is 1. The van der Waals surface area contributed by atoms with Crippen molar-refractivity contribution in [3.8, 4) is 5.75 Å². The maximum atomic E-state index is 11.7. The second kappa shape index (κ2) is 7.50. The summed E-state index contributed by atoms with van der Waals surface area (Å²) >= 11 is 5.77. The van der Waals surface area contributed by atoms with E-state index in [0.29, 0.717) is 17.3 Å². The standard InChI is InChI=1S/C15H20ClNO3/c16-12-5-7-13(8-6-12)20-10-15(19)17-9-11-3-1-2-4-14(11)18/h5-8,11,14,18H,1-4,9-10H2,(H,17,19). The molecule has 0 radical (unpaired) electrons. The van der Waals surface area contributed by atoms with E-state index in [1.54, 1.807) is 24.3 Å². The molecule has 4 nitrogen and oxygen atoms in total. The second-order valence-corrected chi connectivity index (χ2v) is 5.59. The molecule has 1 aromatic carbocycles. The Morgan fingerprint density at radius 3 is 2.70 bits per heavy atom. The molecule has 1 saturated carbocycles. The molecule has 0 bridgehead atoms. The SMILES string of the molecule is O=C(COc1ccc(Cl)cc1)NCC1CCCCC1O. The van der Waals surface area contributed by atoms with Gasteiger partial charge in [-0.25, -0.2) is 0 Å². The van der Waals surface area contributed by atoms with Crippen molar-refractivity contribution in [3.05, 3.63) is 29.3 Å². The van der Waals surface area contributed by atoms with Crippen molar-refractivity contribution in [3.63, 3.8) is 0 Å². The predicted octanol–water partition coefficient (Wildman–Crippen LogP) is 2.39. The van der Waals surface area contributed by atoms with Gasteiger partial charge in [0.25, 0.3) is 5.91 Å². The summed E-state index contributed by atoms with van der Waals surface area (Å²) < 4.78 is 5.36. The summed E-state index contributed by atoms with van der Waals surface area (Å²) in [5, 5.41) is 13.3. The van der Waals surface area contributed by atoms with Crippen molar-refractivity contribution in [2.24, 2.45) is 5.92 Å². The van der Waals surface area contributed by atoms with Crippen molar-refractivity contribution in [1.82, 2.24) is 5.32 Å². The maximum Gasteiger partial charge on any atom is 0.257 e. The summed E-state index contributed by atoms with van der Waals surface area (Å²) in [4.78, 5) is 11.7. The lowest BCUT2D eigenvalue weighted by molar-refractivity contribution is -0.123. The third-order valence-corrected chi connectivity index (χ3v) is 3.87. The molecule has 5 heteroatoms. The van der Waals surface area contributed by atoms with E-state index >= 15 is 0 Å². The Hall–Kier alpha value is -1.26. The summed E-state index contributed by atoms with van der Waals surface area (Å²) in [6.07, 6.45) is 3.71. The first kappa shape index (κ1) is 15.1. The van der Waals surface area contributed by atoms with E-state index in [2.05, 4.69) is 5.32 Å². The van der Waals surface area contributed by atoms with Gasteiger partial charge in [0.1, 0.15) is 5.75 Å². The van der Waals surface area contributed by atoms with Crippen molar-refractivity contribution in [2.75, 3.05) is 13.2 Å². The van der Waals surface area contributed by atoms with Gasteiger partial charge in [-0.3, -0.25) is 4.79 Å². The number of hydrogen-bond acceptors (Lipinski definition) is 3. The van der Waals surface area contributed by atoms with Gasteiger partial charge in [0, 0.05) is 17.5 Å². The largest absolute Gasteiger partial charge is 0.484 e. The van der Waals surface area contributed by atoms with Crippen LogP contribution in [0.1, 0.15) is 25.7 Å². The van der Waals surface area contributed by atoms with E-state index in [0.717, 1.165) is 25.7 Å². The van der Waals surface area contributed by atoms with Crippen LogP contribution in [0.2, 0.25) is 5.02 Å². The van der Waals surface area contributed by atoms with Gasteiger partial charge in [-0.05, 0) is 37.1 Å². The highest BCUT2D eigenvalue weighted by molar-refractivity contribution is 6.30. The highest BCUT2D eigenvalue weighted by Gasteiger charge is 2.23. The number of amides is 1. The smallest absolute Gasteiger partial charge is 0.257 e. The highest BCUT2D eigenvalue weighted by Crippen LogP contribution is 2.23. The quantitative estimate of drug-likeness (QED) is 0.877. The Labute approximate surface area is 124 Å². The van der Waals surface area contributed by atoms with Crippen LogP contribution in [-0.4, -0.2) is 30.3 Å². The Bertz CT molecular complexity index is 435. The number of carbonyl (C=O) groups is 1. The summed E-state index contributed by atoms with van der Waals surface area (Å²) in [5.74, 6) is 0.614. The Balaban J connectivity index is 1.68. The number of rotatable bonds is 5. The van der Waals surface area contributed by atoms with Gasteiger partial charge in [-0.1, -0.05) is 24.4 Å². The number of hydrogen-bond donors (Lipinski definition) is 2. The van der Waals surface area contributed by atoms with E-state index in [1.807, 2.05) is 0 Å². The third-order valence-electron chi connectivity index (χ3n) is 3.61. The average molecular weight is 298 g/mol. The molecule has 0 heterocycles. The van der Waals surface area contributed by atoms with Crippen LogP contribution in [0.5, 0.6) is 5.75 Å². The van der Waals surface area contributed by atoms with Crippen LogP contribution < -0.4 is 10.1 Å². The van der Waals surface area contributed by atoms with Crippen LogP contribution in [0.3, 0.4) is 0 Å². The summed E-state index contributed by atoms with van der Waals surface area (Å²) in [6, 6.07) is 6.88. The lowest BCUT2D eigenvalue weighted by atomic mass is 9.86. The molecule has 1 amide bonds. The molecule has 1 aliphatic rings. The number of halogens is 1. The summed E-state index contributed by atoms with van der Waals surface area (Å²) in [7, 11) is 0. The molecular formula is C15H20ClNO3. The van der Waals surface area contributed by atoms with Gasteiger partial charge in [0.15, 0.2) is 6.61 Å². The molecule has 20 heavy (non-hydrogen) atoms. The van der Waals surface area contributed by atoms with Crippen molar-refractivity contribution >= 4 is 17.5 Å². The van der Waals surface area contributed by atoms with Gasteiger partial charge < -0.3 is 15.2 Å². The molecule has 1 aliphatic carbocycles. The Kier molecular flexibility index (Phi) is 5.68. The highest BCUT2D eigenvalue weighted by atomic mass is 35.5.